The van der Waals surface area contributed by atoms with E-state index in [0.717, 1.165) is 11.4 Å². The van der Waals surface area contributed by atoms with Crippen molar-refractivity contribution in [3.05, 3.63) is 94.8 Å². The summed E-state index contributed by atoms with van der Waals surface area (Å²) < 4.78 is 2.30. The number of hydrogen-bond donors (Lipinski definition) is 1. The quantitative estimate of drug-likeness (QED) is 0.601. The summed E-state index contributed by atoms with van der Waals surface area (Å²) in [5.41, 5.74) is 1.90. The predicted octanol–water partition coefficient (Wildman–Crippen LogP) is 4.30. The Morgan fingerprint density at radius 2 is 1.52 bits per heavy atom. The molecule has 0 saturated carbocycles. The number of aromatic nitrogens is 1. The molecule has 1 aromatic heterocycles. The molecule has 4 nitrogen and oxygen atoms in total. The van der Waals surface area contributed by atoms with Gasteiger partial charge in [-0.2, -0.15) is 0 Å². The molecule has 0 aliphatic rings. The summed E-state index contributed by atoms with van der Waals surface area (Å²) in [7, 11) is 0. The number of rotatable bonds is 3. The Balaban J connectivity index is 1.81. The van der Waals surface area contributed by atoms with Crippen molar-refractivity contribution in [2.45, 2.75) is 0 Å². The van der Waals surface area contributed by atoms with E-state index in [2.05, 4.69) is 5.32 Å². The lowest BCUT2D eigenvalue weighted by Gasteiger charge is -2.05. The van der Waals surface area contributed by atoms with Crippen LogP contribution in [0.25, 0.3) is 15.8 Å². The Kier molecular flexibility index (Phi) is 3.91. The smallest absolute Gasteiger partial charge is 0.273 e. The number of carbonyl (C=O) groups is 1. The van der Waals surface area contributed by atoms with E-state index in [1.54, 1.807) is 22.2 Å². The van der Waals surface area contributed by atoms with Gasteiger partial charge in [0.05, 0.1) is 21.3 Å². The number of carbonyl (C=O) groups excluding carboxylic acids is 1. The normalized spacial score (nSPS) is 10.7. The maximum atomic E-state index is 12.7. The van der Waals surface area contributed by atoms with Gasteiger partial charge in [-0.25, -0.2) is 3.96 Å². The number of para-hydroxylation sites is 2. The second-order valence-electron chi connectivity index (χ2n) is 5.53. The first-order valence-electron chi connectivity index (χ1n) is 7.81. The first-order valence-corrected chi connectivity index (χ1v) is 8.58. The van der Waals surface area contributed by atoms with E-state index >= 15 is 0 Å². The third kappa shape index (κ3) is 2.86. The molecule has 0 saturated heterocycles. The molecule has 0 bridgehead atoms. The molecule has 0 unspecified atom stereocenters. The molecule has 1 N–H and O–H groups in total. The molecule has 0 aliphatic carbocycles. The number of anilines is 1. The van der Waals surface area contributed by atoms with Crippen LogP contribution in [0.1, 0.15) is 10.4 Å². The summed E-state index contributed by atoms with van der Waals surface area (Å²) in [5, 5.41) is 3.43. The molecule has 0 aliphatic heterocycles. The van der Waals surface area contributed by atoms with E-state index in [-0.39, 0.29) is 11.5 Å². The maximum Gasteiger partial charge on any atom is 0.273 e. The minimum atomic E-state index is -0.224. The van der Waals surface area contributed by atoms with E-state index in [1.807, 2.05) is 60.7 Å². The highest BCUT2D eigenvalue weighted by Crippen LogP contribution is 2.24. The highest BCUT2D eigenvalue weighted by Gasteiger charge is 2.16. The van der Waals surface area contributed by atoms with Crippen LogP contribution in [0.5, 0.6) is 0 Å². The van der Waals surface area contributed by atoms with Gasteiger partial charge in [0, 0.05) is 5.69 Å². The molecule has 122 valence electrons. The van der Waals surface area contributed by atoms with Gasteiger partial charge in [-0.15, -0.1) is 0 Å². The zero-order valence-corrected chi connectivity index (χ0v) is 14.0. The lowest BCUT2D eigenvalue weighted by atomic mass is 10.1. The Bertz CT molecular complexity index is 1100. The minimum absolute atomic E-state index is 0.111. The van der Waals surface area contributed by atoms with Crippen LogP contribution in [0.4, 0.5) is 5.69 Å². The zero-order valence-electron chi connectivity index (χ0n) is 13.2. The van der Waals surface area contributed by atoms with Crippen molar-refractivity contribution in [3.63, 3.8) is 0 Å². The van der Waals surface area contributed by atoms with E-state index in [1.165, 1.54) is 11.5 Å². The van der Waals surface area contributed by atoms with E-state index in [0.29, 0.717) is 15.6 Å². The van der Waals surface area contributed by atoms with E-state index < -0.39 is 0 Å². The topological polar surface area (TPSA) is 51.1 Å². The minimum Gasteiger partial charge on any atom is -0.322 e. The predicted molar refractivity (Wildman–Crippen MR) is 102 cm³/mol. The molecular formula is C20H14N2O2S. The Morgan fingerprint density at radius 3 is 2.24 bits per heavy atom. The number of benzene rings is 3. The van der Waals surface area contributed by atoms with Crippen LogP contribution in [0.2, 0.25) is 0 Å². The van der Waals surface area contributed by atoms with Crippen molar-refractivity contribution in [2.75, 3.05) is 5.32 Å². The molecule has 25 heavy (non-hydrogen) atoms. The summed E-state index contributed by atoms with van der Waals surface area (Å²) in [6, 6.07) is 23.9. The van der Waals surface area contributed by atoms with Crippen molar-refractivity contribution in [2.24, 2.45) is 0 Å². The van der Waals surface area contributed by atoms with Gasteiger partial charge in [-0.3, -0.25) is 9.59 Å². The molecule has 1 amide bonds. The second kappa shape index (κ2) is 6.37. The molecule has 5 heteroatoms. The molecule has 0 atom stereocenters. The van der Waals surface area contributed by atoms with Crippen molar-refractivity contribution >= 4 is 33.2 Å². The van der Waals surface area contributed by atoms with Crippen LogP contribution in [0.3, 0.4) is 0 Å². The molecular weight excluding hydrogens is 332 g/mol. The summed E-state index contributed by atoms with van der Waals surface area (Å²) in [6.45, 7) is 0. The van der Waals surface area contributed by atoms with E-state index in [4.69, 9.17) is 0 Å². The van der Waals surface area contributed by atoms with Gasteiger partial charge in [-0.1, -0.05) is 42.5 Å². The average molecular weight is 346 g/mol. The van der Waals surface area contributed by atoms with Gasteiger partial charge in [0.1, 0.15) is 0 Å². The zero-order chi connectivity index (χ0) is 17.2. The van der Waals surface area contributed by atoms with Crippen molar-refractivity contribution in [1.29, 1.82) is 0 Å². The largest absolute Gasteiger partial charge is 0.322 e. The van der Waals surface area contributed by atoms with Crippen molar-refractivity contribution in [1.82, 2.24) is 3.96 Å². The summed E-state index contributed by atoms with van der Waals surface area (Å²) in [5.74, 6) is -0.224. The summed E-state index contributed by atoms with van der Waals surface area (Å²) >= 11 is 1.29. The van der Waals surface area contributed by atoms with Crippen LogP contribution >= 0.6 is 11.5 Å². The SMILES string of the molecule is O=C(Nc1ccccc1)c1cccc2c(=O)n(-c3ccccc3)sc12. The Hall–Kier alpha value is -3.18. The molecule has 0 radical (unpaired) electrons. The summed E-state index contributed by atoms with van der Waals surface area (Å²) in [6.07, 6.45) is 0. The molecule has 0 spiro atoms. The molecule has 1 heterocycles. The van der Waals surface area contributed by atoms with Crippen molar-refractivity contribution in [3.8, 4) is 5.69 Å². The average Bonchev–Trinajstić information content (AvgIpc) is 3.00. The Morgan fingerprint density at radius 1 is 0.840 bits per heavy atom. The maximum absolute atomic E-state index is 12.7. The Labute approximate surface area is 148 Å². The highest BCUT2D eigenvalue weighted by molar-refractivity contribution is 7.14. The second-order valence-corrected chi connectivity index (χ2v) is 6.48. The van der Waals surface area contributed by atoms with Crippen LogP contribution in [0, 0.1) is 0 Å². The summed E-state index contributed by atoms with van der Waals surface area (Å²) in [4.78, 5) is 25.4. The molecule has 4 aromatic rings. The first-order chi connectivity index (χ1) is 12.2. The number of fused-ring (bicyclic) bond motifs is 1. The first kappa shape index (κ1) is 15.4. The molecule has 4 rings (SSSR count). The number of amides is 1. The number of hydrogen-bond acceptors (Lipinski definition) is 3. The fraction of sp³-hybridized carbons (Fsp3) is 0. The van der Waals surface area contributed by atoms with Crippen LogP contribution in [0.15, 0.2) is 83.7 Å². The highest BCUT2D eigenvalue weighted by atomic mass is 32.1. The fourth-order valence-corrected chi connectivity index (χ4v) is 3.78. The third-order valence-corrected chi connectivity index (χ3v) is 5.06. The van der Waals surface area contributed by atoms with Gasteiger partial charge in [0.25, 0.3) is 11.5 Å². The van der Waals surface area contributed by atoms with E-state index in [9.17, 15) is 9.59 Å². The lowest BCUT2D eigenvalue weighted by Crippen LogP contribution is -2.12. The molecule has 3 aromatic carbocycles. The number of nitrogens with zero attached hydrogens (tertiary/aromatic N) is 1. The van der Waals surface area contributed by atoms with Crippen LogP contribution < -0.4 is 10.9 Å². The monoisotopic (exact) mass is 346 g/mol. The molecule has 0 fully saturated rings. The van der Waals surface area contributed by atoms with Crippen LogP contribution in [-0.4, -0.2) is 9.86 Å². The lowest BCUT2D eigenvalue weighted by molar-refractivity contribution is 0.102. The van der Waals surface area contributed by atoms with Gasteiger partial charge in [0.15, 0.2) is 0 Å². The fourth-order valence-electron chi connectivity index (χ4n) is 2.68. The van der Waals surface area contributed by atoms with Gasteiger partial charge < -0.3 is 5.32 Å². The van der Waals surface area contributed by atoms with Gasteiger partial charge in [-0.05, 0) is 47.9 Å². The standard InChI is InChI=1S/C20H14N2O2S/c23-19(21-14-8-3-1-4-9-14)16-12-7-13-17-18(16)25-22(20(17)24)15-10-5-2-6-11-15/h1-13H,(H,21,23). The van der Waals surface area contributed by atoms with Crippen LogP contribution in [-0.2, 0) is 0 Å². The van der Waals surface area contributed by atoms with Gasteiger partial charge in [0.2, 0.25) is 0 Å². The third-order valence-electron chi connectivity index (χ3n) is 3.88. The van der Waals surface area contributed by atoms with Gasteiger partial charge >= 0.3 is 0 Å². The van der Waals surface area contributed by atoms with Crippen molar-refractivity contribution < 1.29 is 4.79 Å². The number of nitrogens with one attached hydrogen (secondary N) is 1.